The van der Waals surface area contributed by atoms with Crippen molar-refractivity contribution in [3.8, 4) is 0 Å². The molecule has 150 valence electrons. The quantitative estimate of drug-likeness (QED) is 0.793. The summed E-state index contributed by atoms with van der Waals surface area (Å²) in [4.78, 5) is 14.5. The first-order chi connectivity index (χ1) is 12.1. The van der Waals surface area contributed by atoms with Gasteiger partial charge in [0.05, 0.1) is 0 Å². The van der Waals surface area contributed by atoms with E-state index in [4.69, 9.17) is 0 Å². The highest BCUT2D eigenvalue weighted by Gasteiger charge is 2.41. The van der Waals surface area contributed by atoms with E-state index < -0.39 is 12.0 Å². The van der Waals surface area contributed by atoms with Crippen molar-refractivity contribution in [2.24, 2.45) is 0 Å². The number of fused-ring (bicyclic) bond motifs is 1. The largest absolute Gasteiger partial charge is 0.480 e. The Hall–Kier alpha value is -1.81. The fourth-order valence-electron chi connectivity index (χ4n) is 4.41. The molecule has 1 aromatic carbocycles. The van der Waals surface area contributed by atoms with Crippen molar-refractivity contribution in [2.75, 3.05) is 0 Å². The predicted molar refractivity (Wildman–Crippen MR) is 113 cm³/mol. The minimum atomic E-state index is -0.771. The summed E-state index contributed by atoms with van der Waals surface area (Å²) in [6, 6.07) is 7.69. The third kappa shape index (κ3) is 4.55. The Labute approximate surface area is 164 Å². The number of aromatic nitrogens is 1. The maximum Gasteiger partial charge on any atom is 0.321 e. The van der Waals surface area contributed by atoms with Crippen molar-refractivity contribution >= 4 is 16.9 Å². The van der Waals surface area contributed by atoms with Crippen LogP contribution in [-0.4, -0.2) is 37.7 Å². The first-order valence-electron chi connectivity index (χ1n) is 9.76. The predicted octanol–water partition coefficient (Wildman–Crippen LogP) is 5.29. The highest BCUT2D eigenvalue weighted by atomic mass is 16.4. The van der Waals surface area contributed by atoms with Crippen LogP contribution in [0.2, 0.25) is 0 Å². The third-order valence-corrected chi connectivity index (χ3v) is 4.97. The summed E-state index contributed by atoms with van der Waals surface area (Å²) in [5, 5.41) is 11.3. The lowest BCUT2D eigenvalue weighted by Crippen LogP contribution is -2.60. The molecule has 0 spiro atoms. The lowest BCUT2D eigenvalue weighted by molar-refractivity contribution is -0.149. The van der Waals surface area contributed by atoms with E-state index >= 15 is 0 Å². The summed E-state index contributed by atoms with van der Waals surface area (Å²) in [6.07, 6.45) is 2.62. The van der Waals surface area contributed by atoms with Crippen LogP contribution >= 0.6 is 0 Å². The Morgan fingerprint density at radius 2 is 1.52 bits per heavy atom. The van der Waals surface area contributed by atoms with E-state index in [0.717, 1.165) is 16.5 Å². The molecule has 0 fully saturated rings. The lowest BCUT2D eigenvalue weighted by Gasteiger charge is -2.48. The van der Waals surface area contributed by atoms with E-state index in [-0.39, 0.29) is 16.6 Å². The summed E-state index contributed by atoms with van der Waals surface area (Å²) in [5.41, 5.74) is 1.66. The summed E-state index contributed by atoms with van der Waals surface area (Å²) in [6.45, 7) is 19.1. The maximum atomic E-state index is 12.3. The Morgan fingerprint density at radius 1 is 1.00 bits per heavy atom. The van der Waals surface area contributed by atoms with Gasteiger partial charge in [-0.05, 0) is 73.9 Å². The fraction of sp³-hybridized carbons (Fsp3) is 0.609. The van der Waals surface area contributed by atoms with E-state index in [1.165, 1.54) is 0 Å². The average Bonchev–Trinajstić information content (AvgIpc) is 2.82. The molecule has 1 aromatic heterocycles. The van der Waals surface area contributed by atoms with Gasteiger partial charge in [0.1, 0.15) is 6.04 Å². The van der Waals surface area contributed by atoms with Crippen LogP contribution in [0.3, 0.4) is 0 Å². The number of benzene rings is 1. The summed E-state index contributed by atoms with van der Waals surface area (Å²) < 4.78 is 2.26. The van der Waals surface area contributed by atoms with Crippen LogP contribution in [0, 0.1) is 0 Å². The second-order valence-electron chi connectivity index (χ2n) is 10.5. The van der Waals surface area contributed by atoms with Gasteiger partial charge in [0.2, 0.25) is 0 Å². The van der Waals surface area contributed by atoms with Crippen molar-refractivity contribution < 1.29 is 9.90 Å². The normalized spacial score (nSPS) is 14.7. The van der Waals surface area contributed by atoms with E-state index in [9.17, 15) is 9.90 Å². The number of carboxylic acid groups (broad SMARTS) is 1. The fourth-order valence-corrected chi connectivity index (χ4v) is 4.41. The maximum absolute atomic E-state index is 12.3. The monoisotopic (exact) mass is 372 g/mol. The molecule has 0 radical (unpaired) electrons. The Balaban J connectivity index is 2.59. The average molecular weight is 373 g/mol. The minimum Gasteiger partial charge on any atom is -0.480 e. The molecule has 2 rings (SSSR count). The van der Waals surface area contributed by atoms with Gasteiger partial charge in [0.15, 0.2) is 0 Å². The molecule has 1 atom stereocenters. The molecule has 0 aliphatic rings. The van der Waals surface area contributed by atoms with Crippen molar-refractivity contribution in [1.82, 2.24) is 9.47 Å². The smallest absolute Gasteiger partial charge is 0.321 e. The highest BCUT2D eigenvalue weighted by Crippen LogP contribution is 2.33. The van der Waals surface area contributed by atoms with Gasteiger partial charge in [-0.3, -0.25) is 9.69 Å². The van der Waals surface area contributed by atoms with Crippen LogP contribution < -0.4 is 0 Å². The number of aliphatic carboxylic acids is 1. The third-order valence-electron chi connectivity index (χ3n) is 4.97. The zero-order chi connectivity index (χ0) is 20.8. The molecule has 1 heterocycles. The number of carboxylic acids is 1. The van der Waals surface area contributed by atoms with E-state index in [0.29, 0.717) is 6.42 Å². The molecule has 1 unspecified atom stereocenters. The van der Waals surface area contributed by atoms with E-state index in [1.807, 2.05) is 12.1 Å². The topological polar surface area (TPSA) is 45.5 Å². The lowest BCUT2D eigenvalue weighted by atomic mass is 9.90. The molecule has 0 aliphatic carbocycles. The number of hydrogen-bond donors (Lipinski definition) is 1. The number of nitrogens with zero attached hydrogens (tertiary/aromatic N) is 2. The molecule has 4 nitrogen and oxygen atoms in total. The van der Waals surface area contributed by atoms with Crippen molar-refractivity contribution in [2.45, 2.75) is 91.4 Å². The molecule has 4 heteroatoms. The number of para-hydroxylation sites is 1. The SMILES string of the molecule is CC(C)(C)N(C(Cc1cn(C(C)(C)C)c2ccccc12)C(=O)O)C(C)(C)C. The number of hydrogen-bond acceptors (Lipinski definition) is 2. The minimum absolute atomic E-state index is 0.0652. The molecule has 0 saturated carbocycles. The Bertz CT molecular complexity index is 799. The zero-order valence-electron chi connectivity index (χ0n) is 18.4. The number of rotatable bonds is 4. The van der Waals surface area contributed by atoms with Crippen molar-refractivity contribution in [3.05, 3.63) is 36.0 Å². The molecule has 0 aliphatic heterocycles. The molecule has 0 bridgehead atoms. The van der Waals surface area contributed by atoms with Crippen molar-refractivity contribution in [3.63, 3.8) is 0 Å². The molecule has 1 N–H and O–H groups in total. The van der Waals surface area contributed by atoms with E-state index in [2.05, 4.69) is 90.1 Å². The van der Waals surface area contributed by atoms with Crippen LogP contribution in [0.15, 0.2) is 30.5 Å². The Morgan fingerprint density at radius 3 is 1.96 bits per heavy atom. The first-order valence-corrected chi connectivity index (χ1v) is 9.76. The molecular weight excluding hydrogens is 336 g/mol. The molecule has 27 heavy (non-hydrogen) atoms. The van der Waals surface area contributed by atoms with Gasteiger partial charge in [0, 0.05) is 40.1 Å². The molecule has 0 amide bonds. The summed E-state index contributed by atoms with van der Waals surface area (Å²) >= 11 is 0. The van der Waals surface area contributed by atoms with E-state index in [1.54, 1.807) is 0 Å². The standard InChI is InChI=1S/C23H36N2O2/c1-21(2,3)24-15-16(17-12-10-11-13-18(17)24)14-19(20(26)27)25(22(4,5)6)23(7,8)9/h10-13,15,19H,14H2,1-9H3,(H,26,27). The first kappa shape index (κ1) is 21.5. The Kier molecular flexibility index (Phi) is 5.55. The van der Waals surface area contributed by atoms with Gasteiger partial charge in [-0.25, -0.2) is 0 Å². The van der Waals surface area contributed by atoms with Crippen LogP contribution in [-0.2, 0) is 16.8 Å². The van der Waals surface area contributed by atoms with Gasteiger partial charge >= 0.3 is 5.97 Å². The highest BCUT2D eigenvalue weighted by molar-refractivity contribution is 5.85. The van der Waals surface area contributed by atoms with Gasteiger partial charge in [0.25, 0.3) is 0 Å². The second kappa shape index (κ2) is 6.97. The van der Waals surface area contributed by atoms with Gasteiger partial charge in [-0.15, -0.1) is 0 Å². The zero-order valence-corrected chi connectivity index (χ0v) is 18.4. The summed E-state index contributed by atoms with van der Waals surface area (Å²) in [7, 11) is 0. The van der Waals surface area contributed by atoms with Crippen molar-refractivity contribution in [1.29, 1.82) is 0 Å². The van der Waals surface area contributed by atoms with Crippen LogP contribution in [0.1, 0.15) is 67.9 Å². The molecule has 2 aromatic rings. The second-order valence-corrected chi connectivity index (χ2v) is 10.5. The van der Waals surface area contributed by atoms with Gasteiger partial charge < -0.3 is 9.67 Å². The van der Waals surface area contributed by atoms with Crippen LogP contribution in [0.4, 0.5) is 0 Å². The van der Waals surface area contributed by atoms with Gasteiger partial charge in [-0.2, -0.15) is 0 Å². The van der Waals surface area contributed by atoms with Crippen LogP contribution in [0.5, 0.6) is 0 Å². The summed E-state index contributed by atoms with van der Waals surface area (Å²) in [5.74, 6) is -0.771. The van der Waals surface area contributed by atoms with Crippen LogP contribution in [0.25, 0.3) is 10.9 Å². The molecular formula is C23H36N2O2. The van der Waals surface area contributed by atoms with Gasteiger partial charge in [-0.1, -0.05) is 18.2 Å². The number of carbonyl (C=O) groups is 1. The molecule has 0 saturated heterocycles.